The summed E-state index contributed by atoms with van der Waals surface area (Å²) in [5, 5.41) is 3.03. The summed E-state index contributed by atoms with van der Waals surface area (Å²) in [6.45, 7) is 0.552. The molecular formula is C30H59N5O13. The van der Waals surface area contributed by atoms with E-state index in [9.17, 15) is 4.79 Å². The third-order valence-corrected chi connectivity index (χ3v) is 9.40. The average Bonchev–Trinajstić information content (AvgIpc) is 3.08. The maximum Gasteiger partial charge on any atom is 0.249 e. The van der Waals surface area contributed by atoms with Crippen LogP contribution >= 0.6 is 0 Å². The van der Waals surface area contributed by atoms with E-state index in [1.165, 1.54) is 35.5 Å². The quantitative estimate of drug-likeness (QED) is 0.0947. The Morgan fingerprint density at radius 3 is 1.77 bits per heavy atom. The van der Waals surface area contributed by atoms with Gasteiger partial charge in [0.2, 0.25) is 5.91 Å². The molecule has 3 aliphatic rings. The smallest absolute Gasteiger partial charge is 0.249 e. The molecule has 2 heterocycles. The number of hydrogen-bond acceptors (Lipinski definition) is 17. The lowest BCUT2D eigenvalue weighted by Crippen LogP contribution is -2.70. The SMILES string of the molecule is COC[C@H]1O[C@H](O[C@@H]2[C@@H](OC)[C@H](O[C@@H]3O[C@@H](CN)[C@H](OC)[C@@H](OC)[C@@H]3OC)[C@@H](N)C[C@H]2NC(=O)C(CCN)OC)[C@H](OC)[C@@H](N)[C@@H]1OC. The molecule has 18 heteroatoms. The van der Waals surface area contributed by atoms with Crippen LogP contribution in [0.3, 0.4) is 0 Å². The summed E-state index contributed by atoms with van der Waals surface area (Å²) in [6, 6.07) is -2.03. The Labute approximate surface area is 283 Å². The van der Waals surface area contributed by atoms with E-state index in [1.807, 2.05) is 0 Å². The molecule has 0 aromatic rings. The number of rotatable bonds is 18. The van der Waals surface area contributed by atoms with Gasteiger partial charge in [-0.05, 0) is 19.4 Å². The van der Waals surface area contributed by atoms with Crippen LogP contribution < -0.4 is 28.3 Å². The molecule has 2 aliphatic heterocycles. The zero-order valence-corrected chi connectivity index (χ0v) is 29.4. The van der Waals surface area contributed by atoms with Crippen LogP contribution in [0.2, 0.25) is 0 Å². The molecule has 16 atom stereocenters. The van der Waals surface area contributed by atoms with Crippen LogP contribution in [0, 0.1) is 0 Å². The first kappa shape index (κ1) is 41.3. The van der Waals surface area contributed by atoms with Gasteiger partial charge < -0.3 is 85.1 Å². The van der Waals surface area contributed by atoms with Gasteiger partial charge in [0.15, 0.2) is 12.6 Å². The van der Waals surface area contributed by atoms with Gasteiger partial charge in [-0.1, -0.05) is 0 Å². The number of nitrogens with two attached hydrogens (primary N) is 4. The van der Waals surface area contributed by atoms with Crippen molar-refractivity contribution in [2.75, 3.05) is 76.6 Å². The summed E-state index contributed by atoms with van der Waals surface area (Å²) < 4.78 is 71.4. The van der Waals surface area contributed by atoms with Crippen LogP contribution in [0.4, 0.5) is 0 Å². The van der Waals surface area contributed by atoms with E-state index in [2.05, 4.69) is 5.32 Å². The number of methoxy groups -OCH3 is 8. The zero-order chi connectivity index (χ0) is 35.5. The summed E-state index contributed by atoms with van der Waals surface area (Å²) in [7, 11) is 12.1. The summed E-state index contributed by atoms with van der Waals surface area (Å²) in [5.41, 5.74) is 25.2. The van der Waals surface area contributed by atoms with Crippen molar-refractivity contribution in [3.8, 4) is 0 Å². The molecule has 1 unspecified atom stereocenters. The van der Waals surface area contributed by atoms with Crippen molar-refractivity contribution in [1.82, 2.24) is 5.32 Å². The molecule has 1 saturated carbocycles. The Morgan fingerprint density at radius 1 is 0.708 bits per heavy atom. The van der Waals surface area contributed by atoms with E-state index in [0.29, 0.717) is 6.42 Å². The van der Waals surface area contributed by atoms with Crippen molar-refractivity contribution >= 4 is 5.91 Å². The molecular weight excluding hydrogens is 638 g/mol. The Hall–Kier alpha value is -1.17. The number of amides is 1. The molecule has 2 saturated heterocycles. The van der Waals surface area contributed by atoms with Crippen molar-refractivity contribution < 1.29 is 61.6 Å². The fraction of sp³-hybridized carbons (Fsp3) is 0.967. The minimum Gasteiger partial charge on any atom is -0.382 e. The molecule has 18 nitrogen and oxygen atoms in total. The third-order valence-electron chi connectivity index (χ3n) is 9.40. The molecule has 0 radical (unpaired) electrons. The lowest BCUT2D eigenvalue weighted by molar-refractivity contribution is -0.340. The largest absolute Gasteiger partial charge is 0.382 e. The molecule has 3 rings (SSSR count). The van der Waals surface area contributed by atoms with Gasteiger partial charge in [0.05, 0.1) is 18.7 Å². The summed E-state index contributed by atoms with van der Waals surface area (Å²) in [5.74, 6) is -0.390. The second-order valence-corrected chi connectivity index (χ2v) is 12.1. The first-order valence-electron chi connectivity index (χ1n) is 16.1. The van der Waals surface area contributed by atoms with E-state index < -0.39 is 104 Å². The highest BCUT2D eigenvalue weighted by Gasteiger charge is 2.54. The Kier molecular flexibility index (Phi) is 17.2. The molecule has 48 heavy (non-hydrogen) atoms. The lowest BCUT2D eigenvalue weighted by Gasteiger charge is -2.51. The number of hydrogen-bond donors (Lipinski definition) is 5. The van der Waals surface area contributed by atoms with Gasteiger partial charge in [0, 0.05) is 69.5 Å². The van der Waals surface area contributed by atoms with Gasteiger partial charge in [-0.3, -0.25) is 4.79 Å². The highest BCUT2D eigenvalue weighted by molar-refractivity contribution is 5.81. The third kappa shape index (κ3) is 9.19. The van der Waals surface area contributed by atoms with Crippen molar-refractivity contribution in [3.63, 3.8) is 0 Å². The Morgan fingerprint density at radius 2 is 1.25 bits per heavy atom. The van der Waals surface area contributed by atoms with Gasteiger partial charge in [-0.15, -0.1) is 0 Å². The normalized spacial score (nSPS) is 41.2. The number of carbonyl (C=O) groups is 1. The maximum absolute atomic E-state index is 13.4. The number of nitrogens with one attached hydrogen (secondary N) is 1. The Balaban J connectivity index is 1.99. The van der Waals surface area contributed by atoms with Gasteiger partial charge in [0.1, 0.15) is 67.1 Å². The van der Waals surface area contributed by atoms with Crippen LogP contribution in [0.5, 0.6) is 0 Å². The topological polar surface area (TPSA) is 244 Å². The summed E-state index contributed by atoms with van der Waals surface area (Å²) in [6.07, 6.45) is -9.23. The zero-order valence-electron chi connectivity index (χ0n) is 29.4. The average molecular weight is 698 g/mol. The molecule has 1 aliphatic carbocycles. The minimum absolute atomic E-state index is 0.130. The predicted molar refractivity (Wildman–Crippen MR) is 170 cm³/mol. The Bertz CT molecular complexity index is 944. The van der Waals surface area contributed by atoms with Crippen LogP contribution in [-0.2, 0) is 61.6 Å². The van der Waals surface area contributed by atoms with Crippen molar-refractivity contribution in [2.45, 2.75) is 111 Å². The molecule has 282 valence electrons. The van der Waals surface area contributed by atoms with Crippen LogP contribution in [-0.4, -0.2) is 180 Å². The molecule has 9 N–H and O–H groups in total. The van der Waals surface area contributed by atoms with E-state index in [0.717, 1.165) is 0 Å². The lowest BCUT2D eigenvalue weighted by atomic mass is 9.83. The first-order valence-corrected chi connectivity index (χ1v) is 16.1. The minimum atomic E-state index is -1.03. The standard InChI is InChI=1S/C30H59N5O13/c1-37-13-18-22(39-3)19(34)24(41-5)29(46-18)48-21-15(35-28(36)16(38-2)9-10-31)11-14(33)20(25(21)42-6)47-30-27(44-8)26(43-7)23(40-4)17(12-32)45-30/h14-27,29-30H,9-13,31-34H2,1-8H3,(H,35,36)/t14-,15+,16?,17-,18+,19-,20+,21-,22+,23-,24+,25-,26+,27-,29+,30-/m0/s1. The fourth-order valence-corrected chi connectivity index (χ4v) is 6.98. The van der Waals surface area contributed by atoms with Crippen LogP contribution in [0.25, 0.3) is 0 Å². The molecule has 0 spiro atoms. The van der Waals surface area contributed by atoms with Crippen LogP contribution in [0.1, 0.15) is 12.8 Å². The van der Waals surface area contributed by atoms with Crippen molar-refractivity contribution in [2.24, 2.45) is 22.9 Å². The predicted octanol–water partition coefficient (Wildman–Crippen LogP) is -3.19. The summed E-state index contributed by atoms with van der Waals surface area (Å²) in [4.78, 5) is 13.4. The van der Waals surface area contributed by atoms with Gasteiger partial charge in [-0.2, -0.15) is 0 Å². The van der Waals surface area contributed by atoms with Gasteiger partial charge in [0.25, 0.3) is 0 Å². The van der Waals surface area contributed by atoms with Crippen molar-refractivity contribution in [1.29, 1.82) is 0 Å². The van der Waals surface area contributed by atoms with Crippen molar-refractivity contribution in [3.05, 3.63) is 0 Å². The second-order valence-electron chi connectivity index (χ2n) is 12.1. The van der Waals surface area contributed by atoms with E-state index in [4.69, 9.17) is 79.8 Å². The maximum atomic E-state index is 13.4. The monoisotopic (exact) mass is 697 g/mol. The number of ether oxygens (including phenoxy) is 12. The summed E-state index contributed by atoms with van der Waals surface area (Å²) >= 11 is 0. The second kappa shape index (κ2) is 20.0. The van der Waals surface area contributed by atoms with E-state index >= 15 is 0 Å². The fourth-order valence-electron chi connectivity index (χ4n) is 6.98. The van der Waals surface area contributed by atoms with Gasteiger partial charge in [-0.25, -0.2) is 0 Å². The molecule has 0 aromatic heterocycles. The first-order chi connectivity index (χ1) is 23.1. The molecule has 3 fully saturated rings. The molecule has 0 bridgehead atoms. The van der Waals surface area contributed by atoms with Crippen LogP contribution in [0.15, 0.2) is 0 Å². The van der Waals surface area contributed by atoms with E-state index in [1.54, 1.807) is 21.3 Å². The van der Waals surface area contributed by atoms with E-state index in [-0.39, 0.29) is 26.1 Å². The highest BCUT2D eigenvalue weighted by Crippen LogP contribution is 2.35. The molecule has 1 amide bonds. The highest BCUT2D eigenvalue weighted by atomic mass is 16.7. The molecule has 0 aromatic carbocycles. The number of carbonyl (C=O) groups excluding carboxylic acids is 1. The van der Waals surface area contributed by atoms with Gasteiger partial charge >= 0.3 is 0 Å².